The maximum absolute atomic E-state index is 13.0. The van der Waals surface area contributed by atoms with Gasteiger partial charge in [0.25, 0.3) is 0 Å². The Morgan fingerprint density at radius 2 is 2.12 bits per heavy atom. The summed E-state index contributed by atoms with van der Waals surface area (Å²) in [6, 6.07) is 7.28. The lowest BCUT2D eigenvalue weighted by Gasteiger charge is -2.15. The van der Waals surface area contributed by atoms with Crippen LogP contribution in [0.1, 0.15) is 32.3 Å². The maximum Gasteiger partial charge on any atom is 0.126 e. The highest BCUT2D eigenvalue weighted by Crippen LogP contribution is 2.20. The third kappa shape index (κ3) is 4.44. The average molecular weight is 234 g/mol. The second-order valence-electron chi connectivity index (χ2n) is 4.99. The molecule has 0 heterocycles. The summed E-state index contributed by atoms with van der Waals surface area (Å²) in [5.41, 5.74) is 1.31. The first-order valence-corrected chi connectivity index (χ1v) is 5.86. The Kier molecular flexibility index (Phi) is 4.51. The zero-order valence-corrected chi connectivity index (χ0v) is 10.7. The number of aryl methyl sites for hydroxylation is 1. The van der Waals surface area contributed by atoms with E-state index in [9.17, 15) is 4.39 Å². The van der Waals surface area contributed by atoms with E-state index < -0.39 is 0 Å². The summed E-state index contributed by atoms with van der Waals surface area (Å²) in [6.07, 6.45) is 1.79. The number of anilines is 1. The lowest BCUT2D eigenvalue weighted by molar-refractivity contribution is 0.441. The predicted molar refractivity (Wildman–Crippen MR) is 68.3 cm³/mol. The van der Waals surface area contributed by atoms with Gasteiger partial charge in [-0.25, -0.2) is 4.39 Å². The normalized spacial score (nSPS) is 11.0. The molecule has 1 N–H and O–H groups in total. The third-order valence-electron chi connectivity index (χ3n) is 2.77. The molecule has 0 aromatic heterocycles. The molecule has 0 saturated heterocycles. The van der Waals surface area contributed by atoms with E-state index in [1.807, 2.05) is 13.8 Å². The Morgan fingerprint density at radius 3 is 2.71 bits per heavy atom. The number of hydrogen-bond donors (Lipinski definition) is 1. The molecule has 92 valence electrons. The van der Waals surface area contributed by atoms with E-state index in [1.54, 1.807) is 19.1 Å². The van der Waals surface area contributed by atoms with Gasteiger partial charge in [0.2, 0.25) is 0 Å². The quantitative estimate of drug-likeness (QED) is 0.785. The predicted octanol–water partition coefficient (Wildman–Crippen LogP) is 3.88. The summed E-state index contributed by atoms with van der Waals surface area (Å²) in [4.78, 5) is 0. The second-order valence-corrected chi connectivity index (χ2v) is 4.99. The molecule has 1 aromatic rings. The molecule has 0 saturated carbocycles. The molecule has 0 aliphatic carbocycles. The van der Waals surface area contributed by atoms with Crippen molar-refractivity contribution in [2.75, 3.05) is 11.9 Å². The van der Waals surface area contributed by atoms with Gasteiger partial charge in [0.15, 0.2) is 0 Å². The highest BCUT2D eigenvalue weighted by atomic mass is 19.1. The van der Waals surface area contributed by atoms with Crippen molar-refractivity contribution >= 4 is 5.69 Å². The summed E-state index contributed by atoms with van der Waals surface area (Å²) in [5.74, 6) is -0.179. The van der Waals surface area contributed by atoms with Crippen molar-refractivity contribution in [1.29, 1.82) is 5.26 Å². The van der Waals surface area contributed by atoms with Crippen LogP contribution in [0.3, 0.4) is 0 Å². The topological polar surface area (TPSA) is 35.8 Å². The standard InChI is InChI=1S/C14H19FN2/c1-11-9-12(5-6-13(11)15)17-8-4-7-14(2,3)10-16/h5-6,9,17H,4,7-8H2,1-3H3. The molecule has 1 rings (SSSR count). The summed E-state index contributed by atoms with van der Waals surface area (Å²) >= 11 is 0. The summed E-state index contributed by atoms with van der Waals surface area (Å²) in [6.45, 7) is 6.43. The molecular weight excluding hydrogens is 215 g/mol. The van der Waals surface area contributed by atoms with Crippen LogP contribution in [0.4, 0.5) is 10.1 Å². The van der Waals surface area contributed by atoms with E-state index >= 15 is 0 Å². The SMILES string of the molecule is Cc1cc(NCCCC(C)(C)C#N)ccc1F. The first-order chi connectivity index (χ1) is 7.94. The highest BCUT2D eigenvalue weighted by molar-refractivity contribution is 5.45. The van der Waals surface area contributed by atoms with Crippen LogP contribution >= 0.6 is 0 Å². The molecule has 0 bridgehead atoms. The fourth-order valence-electron chi connectivity index (χ4n) is 1.57. The fourth-order valence-corrected chi connectivity index (χ4v) is 1.57. The first-order valence-electron chi connectivity index (χ1n) is 5.86. The van der Waals surface area contributed by atoms with E-state index in [4.69, 9.17) is 5.26 Å². The zero-order chi connectivity index (χ0) is 12.9. The second kappa shape index (κ2) is 5.67. The number of hydrogen-bond acceptors (Lipinski definition) is 2. The van der Waals surface area contributed by atoms with E-state index in [-0.39, 0.29) is 11.2 Å². The Morgan fingerprint density at radius 1 is 1.41 bits per heavy atom. The molecule has 0 spiro atoms. The molecule has 0 fully saturated rings. The van der Waals surface area contributed by atoms with Crippen molar-refractivity contribution in [2.45, 2.75) is 33.6 Å². The minimum Gasteiger partial charge on any atom is -0.385 e. The Bertz CT molecular complexity index is 419. The molecule has 1 aromatic carbocycles. The van der Waals surface area contributed by atoms with Crippen LogP contribution < -0.4 is 5.32 Å². The molecular formula is C14H19FN2. The summed E-state index contributed by atoms with van der Waals surface area (Å²) in [5, 5.41) is 12.1. The van der Waals surface area contributed by atoms with Gasteiger partial charge in [-0.15, -0.1) is 0 Å². The van der Waals surface area contributed by atoms with Crippen LogP contribution in [0, 0.1) is 29.5 Å². The molecule has 0 aliphatic heterocycles. The number of halogens is 1. The Labute approximate surface area is 102 Å². The zero-order valence-electron chi connectivity index (χ0n) is 10.7. The van der Waals surface area contributed by atoms with Gasteiger partial charge < -0.3 is 5.32 Å². The van der Waals surface area contributed by atoms with Gasteiger partial charge in [0.05, 0.1) is 11.5 Å². The minimum atomic E-state index is -0.263. The number of nitriles is 1. The minimum absolute atomic E-state index is 0.179. The first kappa shape index (κ1) is 13.5. The van der Waals surface area contributed by atoms with Crippen LogP contribution in [0.15, 0.2) is 18.2 Å². The smallest absolute Gasteiger partial charge is 0.126 e. The van der Waals surface area contributed by atoms with Gasteiger partial charge in [0.1, 0.15) is 5.82 Å². The molecule has 0 unspecified atom stereocenters. The number of rotatable bonds is 5. The van der Waals surface area contributed by atoms with Crippen LogP contribution in [0.2, 0.25) is 0 Å². The van der Waals surface area contributed by atoms with Crippen LogP contribution in [0.25, 0.3) is 0 Å². The van der Waals surface area contributed by atoms with E-state index in [0.717, 1.165) is 25.1 Å². The van der Waals surface area contributed by atoms with Crippen molar-refractivity contribution < 1.29 is 4.39 Å². The summed E-state index contributed by atoms with van der Waals surface area (Å²) in [7, 11) is 0. The molecule has 2 nitrogen and oxygen atoms in total. The van der Waals surface area contributed by atoms with Crippen LogP contribution in [-0.2, 0) is 0 Å². The van der Waals surface area contributed by atoms with Crippen molar-refractivity contribution in [3.63, 3.8) is 0 Å². The van der Waals surface area contributed by atoms with E-state index in [1.165, 1.54) is 6.07 Å². The van der Waals surface area contributed by atoms with Crippen molar-refractivity contribution in [3.8, 4) is 6.07 Å². The van der Waals surface area contributed by atoms with Gasteiger partial charge in [-0.05, 0) is 57.4 Å². The van der Waals surface area contributed by atoms with Crippen LogP contribution in [0.5, 0.6) is 0 Å². The van der Waals surface area contributed by atoms with Crippen molar-refractivity contribution in [3.05, 3.63) is 29.6 Å². The Hall–Kier alpha value is -1.56. The van der Waals surface area contributed by atoms with Crippen molar-refractivity contribution in [2.24, 2.45) is 5.41 Å². The number of nitrogens with zero attached hydrogens (tertiary/aromatic N) is 1. The van der Waals surface area contributed by atoms with E-state index in [2.05, 4.69) is 11.4 Å². The molecule has 0 amide bonds. The van der Waals surface area contributed by atoms with E-state index in [0.29, 0.717) is 5.56 Å². The monoisotopic (exact) mass is 234 g/mol. The van der Waals surface area contributed by atoms with Gasteiger partial charge >= 0.3 is 0 Å². The van der Waals surface area contributed by atoms with Gasteiger partial charge in [-0.3, -0.25) is 0 Å². The fraction of sp³-hybridized carbons (Fsp3) is 0.500. The lowest BCUT2D eigenvalue weighted by Crippen LogP contribution is -2.11. The Balaban J connectivity index is 2.37. The van der Waals surface area contributed by atoms with Gasteiger partial charge in [-0.2, -0.15) is 5.26 Å². The maximum atomic E-state index is 13.0. The highest BCUT2D eigenvalue weighted by Gasteiger charge is 2.15. The summed E-state index contributed by atoms with van der Waals surface area (Å²) < 4.78 is 13.0. The van der Waals surface area contributed by atoms with Crippen molar-refractivity contribution in [1.82, 2.24) is 0 Å². The number of nitrogens with one attached hydrogen (secondary N) is 1. The number of benzene rings is 1. The lowest BCUT2D eigenvalue weighted by atomic mass is 9.90. The molecule has 0 atom stereocenters. The van der Waals surface area contributed by atoms with Gasteiger partial charge in [0, 0.05) is 12.2 Å². The largest absolute Gasteiger partial charge is 0.385 e. The molecule has 0 radical (unpaired) electrons. The third-order valence-corrected chi connectivity index (χ3v) is 2.77. The van der Waals surface area contributed by atoms with Crippen LogP contribution in [-0.4, -0.2) is 6.54 Å². The molecule has 3 heteroatoms. The van der Waals surface area contributed by atoms with Gasteiger partial charge in [-0.1, -0.05) is 0 Å². The average Bonchev–Trinajstić information content (AvgIpc) is 2.29. The molecule has 17 heavy (non-hydrogen) atoms. The molecule has 0 aliphatic rings.